The van der Waals surface area contributed by atoms with Crippen molar-refractivity contribution in [1.29, 1.82) is 0 Å². The van der Waals surface area contributed by atoms with E-state index in [1.54, 1.807) is 31.2 Å². The van der Waals surface area contributed by atoms with Crippen LogP contribution < -0.4 is 5.32 Å². The smallest absolute Gasteiger partial charge is 0.262 e. The van der Waals surface area contributed by atoms with Crippen molar-refractivity contribution in [2.75, 3.05) is 5.32 Å². The molecule has 0 aliphatic heterocycles. The molecule has 3 N–H and O–H groups in total. The third-order valence-corrected chi connectivity index (χ3v) is 2.93. The van der Waals surface area contributed by atoms with Crippen molar-refractivity contribution in [2.45, 2.75) is 6.92 Å². The summed E-state index contributed by atoms with van der Waals surface area (Å²) < 4.78 is 13.6. The number of hydrogen-bond acceptors (Lipinski definition) is 4. The molecule has 0 atom stereocenters. The van der Waals surface area contributed by atoms with Crippen molar-refractivity contribution in [2.24, 2.45) is 5.16 Å². The summed E-state index contributed by atoms with van der Waals surface area (Å²) in [7, 11) is 0. The van der Waals surface area contributed by atoms with E-state index < -0.39 is 23.0 Å². The number of nitrogens with one attached hydrogen (secondary N) is 1. The van der Waals surface area contributed by atoms with Gasteiger partial charge < -0.3 is 15.6 Å². The molecular formula is C15H13FN2O3. The highest BCUT2D eigenvalue weighted by atomic mass is 19.1. The Morgan fingerprint density at radius 1 is 1.19 bits per heavy atom. The van der Waals surface area contributed by atoms with Gasteiger partial charge in [-0.15, -0.1) is 0 Å². The molecule has 0 bridgehead atoms. The van der Waals surface area contributed by atoms with Gasteiger partial charge in [-0.3, -0.25) is 4.79 Å². The van der Waals surface area contributed by atoms with Crippen LogP contribution >= 0.6 is 0 Å². The topological polar surface area (TPSA) is 81.9 Å². The Morgan fingerprint density at radius 2 is 1.86 bits per heavy atom. The quantitative estimate of drug-likeness (QED) is 0.461. The van der Waals surface area contributed by atoms with Crippen LogP contribution in [0.15, 0.2) is 47.6 Å². The van der Waals surface area contributed by atoms with Crippen LogP contribution in [0.25, 0.3) is 0 Å². The fourth-order valence-corrected chi connectivity index (χ4v) is 1.78. The number of aromatic hydroxyl groups is 1. The number of amides is 1. The molecule has 1 amide bonds. The van der Waals surface area contributed by atoms with E-state index in [2.05, 4.69) is 10.5 Å². The SMILES string of the molecule is C/C(=N/O)c1ccc(NC(=O)c2c(O)cccc2F)cc1. The first-order valence-electron chi connectivity index (χ1n) is 6.11. The minimum atomic E-state index is -0.799. The van der Waals surface area contributed by atoms with Gasteiger partial charge in [0, 0.05) is 5.69 Å². The Morgan fingerprint density at radius 3 is 2.43 bits per heavy atom. The van der Waals surface area contributed by atoms with Gasteiger partial charge in [-0.2, -0.15) is 0 Å². The molecular weight excluding hydrogens is 275 g/mol. The number of carbonyl (C=O) groups excluding carboxylic acids is 1. The zero-order valence-electron chi connectivity index (χ0n) is 11.2. The number of benzene rings is 2. The van der Waals surface area contributed by atoms with Gasteiger partial charge in [0.25, 0.3) is 5.91 Å². The highest BCUT2D eigenvalue weighted by Crippen LogP contribution is 2.21. The first-order chi connectivity index (χ1) is 10.0. The number of rotatable bonds is 3. The highest BCUT2D eigenvalue weighted by Gasteiger charge is 2.16. The maximum Gasteiger partial charge on any atom is 0.262 e. The van der Waals surface area contributed by atoms with Crippen molar-refractivity contribution < 1.29 is 19.5 Å². The average Bonchev–Trinajstić information content (AvgIpc) is 2.47. The van der Waals surface area contributed by atoms with Gasteiger partial charge in [-0.25, -0.2) is 4.39 Å². The van der Waals surface area contributed by atoms with Gasteiger partial charge in [0.2, 0.25) is 0 Å². The lowest BCUT2D eigenvalue weighted by molar-refractivity contribution is 0.102. The molecule has 6 heteroatoms. The summed E-state index contributed by atoms with van der Waals surface area (Å²) in [4.78, 5) is 12.0. The molecule has 0 aromatic heterocycles. The molecule has 0 heterocycles. The summed E-state index contributed by atoms with van der Waals surface area (Å²) in [5.74, 6) is -1.97. The van der Waals surface area contributed by atoms with Crippen LogP contribution in [0, 0.1) is 5.82 Å². The molecule has 0 aliphatic carbocycles. The molecule has 5 nitrogen and oxygen atoms in total. The van der Waals surface area contributed by atoms with Crippen LogP contribution in [-0.2, 0) is 0 Å². The number of hydrogen-bond donors (Lipinski definition) is 3. The van der Waals surface area contributed by atoms with Gasteiger partial charge in [0.15, 0.2) is 0 Å². The van der Waals surface area contributed by atoms with Crippen molar-refractivity contribution >= 4 is 17.3 Å². The number of anilines is 1. The van der Waals surface area contributed by atoms with Crippen molar-refractivity contribution in [1.82, 2.24) is 0 Å². The molecule has 0 fully saturated rings. The number of halogens is 1. The zero-order valence-corrected chi connectivity index (χ0v) is 11.2. The molecule has 0 saturated heterocycles. The minimum absolute atomic E-state index is 0.408. The standard InChI is InChI=1S/C15H13FN2O3/c1-9(18-21)10-5-7-11(8-6-10)17-15(20)14-12(16)3-2-4-13(14)19/h2-8,19,21H,1H3,(H,17,20)/b18-9-. The van der Waals surface area contributed by atoms with Crippen LogP contribution in [0.3, 0.4) is 0 Å². The Hall–Kier alpha value is -2.89. The molecule has 0 aliphatic rings. The molecule has 0 unspecified atom stereocenters. The van der Waals surface area contributed by atoms with Crippen LogP contribution in [0.4, 0.5) is 10.1 Å². The Bertz CT molecular complexity index is 676. The monoisotopic (exact) mass is 288 g/mol. The van der Waals surface area contributed by atoms with Gasteiger partial charge in [-0.1, -0.05) is 23.4 Å². The Balaban J connectivity index is 2.20. The predicted octanol–water partition coefficient (Wildman–Crippen LogP) is 2.98. The van der Waals surface area contributed by atoms with Crippen molar-refractivity contribution in [3.05, 3.63) is 59.4 Å². The lowest BCUT2D eigenvalue weighted by Gasteiger charge is -2.08. The third-order valence-electron chi connectivity index (χ3n) is 2.93. The third kappa shape index (κ3) is 3.17. The average molecular weight is 288 g/mol. The summed E-state index contributed by atoms with van der Waals surface area (Å²) in [5.41, 5.74) is 1.13. The Kier molecular flexibility index (Phi) is 4.18. The molecule has 0 spiro atoms. The predicted molar refractivity (Wildman–Crippen MR) is 76.5 cm³/mol. The molecule has 0 radical (unpaired) electrons. The summed E-state index contributed by atoms with van der Waals surface area (Å²) in [6.07, 6.45) is 0. The van der Waals surface area contributed by atoms with E-state index in [-0.39, 0.29) is 0 Å². The van der Waals surface area contributed by atoms with E-state index in [9.17, 15) is 14.3 Å². The summed E-state index contributed by atoms with van der Waals surface area (Å²) >= 11 is 0. The molecule has 108 valence electrons. The first-order valence-corrected chi connectivity index (χ1v) is 6.11. The number of nitrogens with zero attached hydrogens (tertiary/aromatic N) is 1. The van der Waals surface area contributed by atoms with Gasteiger partial charge in [0.1, 0.15) is 17.1 Å². The van der Waals surface area contributed by atoms with E-state index in [0.29, 0.717) is 17.0 Å². The number of phenolic OH excluding ortho intramolecular Hbond substituents is 1. The van der Waals surface area contributed by atoms with E-state index in [1.807, 2.05) is 0 Å². The van der Waals surface area contributed by atoms with Gasteiger partial charge >= 0.3 is 0 Å². The van der Waals surface area contributed by atoms with Crippen LogP contribution in [0.1, 0.15) is 22.8 Å². The maximum atomic E-state index is 13.6. The Labute approximate surface area is 120 Å². The number of phenols is 1. The second kappa shape index (κ2) is 6.04. The normalized spacial score (nSPS) is 11.2. The van der Waals surface area contributed by atoms with E-state index in [4.69, 9.17) is 5.21 Å². The summed E-state index contributed by atoms with van der Waals surface area (Å²) in [6.45, 7) is 1.63. The van der Waals surface area contributed by atoms with Gasteiger partial charge in [-0.05, 0) is 36.8 Å². The van der Waals surface area contributed by atoms with Crippen LogP contribution in [0.2, 0.25) is 0 Å². The summed E-state index contributed by atoms with van der Waals surface area (Å²) in [6, 6.07) is 10.1. The van der Waals surface area contributed by atoms with E-state index >= 15 is 0 Å². The molecule has 0 saturated carbocycles. The fraction of sp³-hybridized carbons (Fsp3) is 0.0667. The van der Waals surface area contributed by atoms with Crippen LogP contribution in [0.5, 0.6) is 5.75 Å². The van der Waals surface area contributed by atoms with Crippen molar-refractivity contribution in [3.8, 4) is 5.75 Å². The molecule has 21 heavy (non-hydrogen) atoms. The van der Waals surface area contributed by atoms with Crippen LogP contribution in [-0.4, -0.2) is 21.9 Å². The fourth-order valence-electron chi connectivity index (χ4n) is 1.78. The number of oxime groups is 1. The maximum absolute atomic E-state index is 13.6. The van der Waals surface area contributed by atoms with E-state index in [0.717, 1.165) is 6.07 Å². The lowest BCUT2D eigenvalue weighted by Crippen LogP contribution is -2.14. The number of carbonyl (C=O) groups is 1. The molecule has 2 aromatic carbocycles. The lowest BCUT2D eigenvalue weighted by atomic mass is 10.1. The minimum Gasteiger partial charge on any atom is -0.507 e. The first kappa shape index (κ1) is 14.5. The largest absolute Gasteiger partial charge is 0.507 e. The molecule has 2 rings (SSSR count). The summed E-state index contributed by atoms with van der Waals surface area (Å²) in [5, 5.41) is 23.8. The second-order valence-corrected chi connectivity index (χ2v) is 4.35. The van der Waals surface area contributed by atoms with E-state index in [1.165, 1.54) is 12.1 Å². The van der Waals surface area contributed by atoms with Gasteiger partial charge in [0.05, 0.1) is 5.71 Å². The second-order valence-electron chi connectivity index (χ2n) is 4.35. The highest BCUT2D eigenvalue weighted by molar-refractivity contribution is 6.06. The zero-order chi connectivity index (χ0) is 15.4. The molecule has 2 aromatic rings. The van der Waals surface area contributed by atoms with Crippen molar-refractivity contribution in [3.63, 3.8) is 0 Å².